The molecule has 0 saturated heterocycles. The zero-order valence-electron chi connectivity index (χ0n) is 16.1. The molecule has 0 saturated carbocycles. The van der Waals surface area contributed by atoms with Gasteiger partial charge in [-0.15, -0.1) is 0 Å². The Morgan fingerprint density at radius 1 is 0.967 bits per heavy atom. The molecule has 8 heteroatoms. The fourth-order valence-electron chi connectivity index (χ4n) is 2.85. The van der Waals surface area contributed by atoms with Gasteiger partial charge in [0, 0.05) is 6.26 Å². The molecule has 3 aromatic carbocycles. The predicted octanol–water partition coefficient (Wildman–Crippen LogP) is 4.39. The summed E-state index contributed by atoms with van der Waals surface area (Å²) in [6.07, 6.45) is -0.556. The lowest BCUT2D eigenvalue weighted by atomic mass is 10.0. The molecule has 158 valence electrons. The summed E-state index contributed by atoms with van der Waals surface area (Å²) >= 11 is 0. The van der Waals surface area contributed by atoms with Crippen LogP contribution in [0, 0.1) is 0 Å². The largest absolute Gasteiger partial charge is 0.451 e. The zero-order chi connectivity index (χ0) is 21.8. The van der Waals surface area contributed by atoms with Gasteiger partial charge in [-0.3, -0.25) is 0 Å². The van der Waals surface area contributed by atoms with Gasteiger partial charge in [-0.2, -0.15) is 8.78 Å². The van der Waals surface area contributed by atoms with Crippen LogP contribution in [0.5, 0.6) is 0 Å². The molecule has 30 heavy (non-hydrogen) atoms. The van der Waals surface area contributed by atoms with Crippen molar-refractivity contribution in [2.75, 3.05) is 19.5 Å². The van der Waals surface area contributed by atoms with E-state index >= 15 is 0 Å². The standard InChI is InChI=1S/C22H20F2O5S/c1-30(26,27)22(23,24)15-28-14-20(17-9-3-2-4-10-17)29-21(25)19-13-7-11-16-8-5-6-12-18(16)19/h2-13,20H,14-15H2,1H3. The predicted molar refractivity (Wildman–Crippen MR) is 109 cm³/mol. The van der Waals surface area contributed by atoms with Crippen molar-refractivity contribution < 1.29 is 31.5 Å². The first-order valence-electron chi connectivity index (χ1n) is 9.08. The van der Waals surface area contributed by atoms with Crippen molar-refractivity contribution in [3.05, 3.63) is 83.9 Å². The van der Waals surface area contributed by atoms with Crippen molar-refractivity contribution in [3.63, 3.8) is 0 Å². The van der Waals surface area contributed by atoms with Crippen LogP contribution in [0.4, 0.5) is 8.78 Å². The summed E-state index contributed by atoms with van der Waals surface area (Å²) in [6, 6.07) is 21.0. The number of esters is 1. The average Bonchev–Trinajstić information content (AvgIpc) is 2.72. The minimum absolute atomic E-state index is 0.329. The smallest absolute Gasteiger partial charge is 0.367 e. The molecule has 5 nitrogen and oxygen atoms in total. The van der Waals surface area contributed by atoms with Gasteiger partial charge in [0.2, 0.25) is 9.84 Å². The maximum absolute atomic E-state index is 13.7. The summed E-state index contributed by atoms with van der Waals surface area (Å²) in [7, 11) is -4.62. The zero-order valence-corrected chi connectivity index (χ0v) is 16.9. The van der Waals surface area contributed by atoms with Gasteiger partial charge in [0.25, 0.3) is 0 Å². The van der Waals surface area contributed by atoms with E-state index in [1.165, 1.54) is 0 Å². The van der Waals surface area contributed by atoms with Crippen LogP contribution in [0.25, 0.3) is 10.8 Å². The fourth-order valence-corrected chi connectivity index (χ4v) is 3.15. The number of hydrogen-bond acceptors (Lipinski definition) is 5. The van der Waals surface area contributed by atoms with Gasteiger partial charge in [-0.1, -0.05) is 66.7 Å². The second-order valence-corrected chi connectivity index (χ2v) is 8.90. The van der Waals surface area contributed by atoms with E-state index in [2.05, 4.69) is 0 Å². The Bertz CT molecular complexity index is 1130. The Labute approximate surface area is 173 Å². The lowest BCUT2D eigenvalue weighted by Crippen LogP contribution is -2.34. The van der Waals surface area contributed by atoms with Gasteiger partial charge in [0.15, 0.2) is 6.10 Å². The molecule has 3 rings (SSSR count). The first-order valence-corrected chi connectivity index (χ1v) is 11.0. The molecule has 0 bridgehead atoms. The Kier molecular flexibility index (Phi) is 6.48. The molecule has 1 atom stereocenters. The summed E-state index contributed by atoms with van der Waals surface area (Å²) in [4.78, 5) is 12.8. The maximum atomic E-state index is 13.7. The molecule has 0 aliphatic carbocycles. The minimum atomic E-state index is -4.62. The Hall–Kier alpha value is -2.84. The van der Waals surface area contributed by atoms with E-state index in [-0.39, 0.29) is 0 Å². The number of hydrogen-bond donors (Lipinski definition) is 0. The Balaban J connectivity index is 1.80. The van der Waals surface area contributed by atoms with Crippen molar-refractivity contribution in [1.82, 2.24) is 0 Å². The molecular weight excluding hydrogens is 414 g/mol. The number of rotatable bonds is 8. The summed E-state index contributed by atoms with van der Waals surface area (Å²) in [6.45, 7) is -1.76. The highest BCUT2D eigenvalue weighted by Crippen LogP contribution is 2.26. The Morgan fingerprint density at radius 3 is 2.30 bits per heavy atom. The van der Waals surface area contributed by atoms with Crippen molar-refractivity contribution in [3.8, 4) is 0 Å². The SMILES string of the molecule is CS(=O)(=O)C(F)(F)COCC(OC(=O)c1cccc2ccccc12)c1ccccc1. The van der Waals surface area contributed by atoms with Gasteiger partial charge in [-0.05, 0) is 22.4 Å². The number of ether oxygens (including phenoxy) is 2. The molecule has 3 aromatic rings. The van der Waals surface area contributed by atoms with E-state index in [4.69, 9.17) is 9.47 Å². The van der Waals surface area contributed by atoms with Crippen molar-refractivity contribution in [2.45, 2.75) is 11.4 Å². The van der Waals surface area contributed by atoms with Gasteiger partial charge in [0.1, 0.15) is 6.61 Å². The molecule has 0 aliphatic rings. The molecule has 0 fully saturated rings. The fraction of sp³-hybridized carbons (Fsp3) is 0.227. The van der Waals surface area contributed by atoms with Crippen LogP contribution in [-0.2, 0) is 19.3 Å². The van der Waals surface area contributed by atoms with Crippen LogP contribution >= 0.6 is 0 Å². The van der Waals surface area contributed by atoms with E-state index < -0.39 is 40.4 Å². The minimum Gasteiger partial charge on any atom is -0.451 e. The van der Waals surface area contributed by atoms with Crippen LogP contribution in [-0.4, -0.2) is 39.1 Å². The Morgan fingerprint density at radius 2 is 1.60 bits per heavy atom. The summed E-state index contributed by atoms with van der Waals surface area (Å²) in [5.74, 6) is -0.640. The van der Waals surface area contributed by atoms with E-state index in [9.17, 15) is 22.0 Å². The quantitative estimate of drug-likeness (QED) is 0.492. The molecule has 0 amide bonds. The highest BCUT2D eigenvalue weighted by Gasteiger charge is 2.42. The molecule has 0 aromatic heterocycles. The van der Waals surface area contributed by atoms with Crippen LogP contribution < -0.4 is 0 Å². The molecule has 0 heterocycles. The van der Waals surface area contributed by atoms with E-state index in [1.54, 1.807) is 54.6 Å². The second kappa shape index (κ2) is 8.89. The molecule has 0 radical (unpaired) electrons. The van der Waals surface area contributed by atoms with E-state index in [1.807, 2.05) is 18.2 Å². The summed E-state index contributed by atoms with van der Waals surface area (Å²) in [5, 5.41) is -2.48. The first kappa shape index (κ1) is 21.9. The normalized spacial score (nSPS) is 13.2. The molecule has 0 spiro atoms. The monoisotopic (exact) mass is 434 g/mol. The second-order valence-electron chi connectivity index (χ2n) is 6.76. The molecule has 0 N–H and O–H groups in total. The number of carbonyl (C=O) groups is 1. The third kappa shape index (κ3) is 5.01. The highest BCUT2D eigenvalue weighted by molar-refractivity contribution is 7.91. The maximum Gasteiger partial charge on any atom is 0.367 e. The third-order valence-electron chi connectivity index (χ3n) is 4.51. The van der Waals surface area contributed by atoms with Gasteiger partial charge < -0.3 is 9.47 Å². The van der Waals surface area contributed by atoms with Gasteiger partial charge >= 0.3 is 11.2 Å². The third-order valence-corrected chi connectivity index (χ3v) is 5.71. The number of sulfone groups is 1. The summed E-state index contributed by atoms with van der Waals surface area (Å²) < 4.78 is 60.2. The first-order chi connectivity index (χ1) is 14.2. The van der Waals surface area contributed by atoms with Gasteiger partial charge in [-0.25, -0.2) is 13.2 Å². The van der Waals surface area contributed by atoms with E-state index in [0.29, 0.717) is 22.8 Å². The molecule has 0 aliphatic heterocycles. The molecule has 1 unspecified atom stereocenters. The lowest BCUT2D eigenvalue weighted by Gasteiger charge is -2.21. The van der Waals surface area contributed by atoms with Crippen LogP contribution in [0.3, 0.4) is 0 Å². The number of carbonyl (C=O) groups excluding carboxylic acids is 1. The number of alkyl halides is 2. The van der Waals surface area contributed by atoms with Crippen LogP contribution in [0.1, 0.15) is 22.0 Å². The molecular formula is C22H20F2O5S. The van der Waals surface area contributed by atoms with Crippen molar-refractivity contribution >= 4 is 26.6 Å². The number of halogens is 2. The van der Waals surface area contributed by atoms with Crippen molar-refractivity contribution in [1.29, 1.82) is 0 Å². The van der Waals surface area contributed by atoms with Crippen LogP contribution in [0.15, 0.2) is 72.8 Å². The van der Waals surface area contributed by atoms with Crippen LogP contribution in [0.2, 0.25) is 0 Å². The topological polar surface area (TPSA) is 69.7 Å². The number of benzene rings is 3. The lowest BCUT2D eigenvalue weighted by molar-refractivity contribution is -0.0501. The highest BCUT2D eigenvalue weighted by atomic mass is 32.2. The summed E-state index contributed by atoms with van der Waals surface area (Å²) in [5.41, 5.74) is 0.865. The van der Waals surface area contributed by atoms with Gasteiger partial charge in [0.05, 0.1) is 12.2 Å². The van der Waals surface area contributed by atoms with Crippen molar-refractivity contribution in [2.24, 2.45) is 0 Å². The number of fused-ring (bicyclic) bond motifs is 1. The average molecular weight is 434 g/mol. The van der Waals surface area contributed by atoms with E-state index in [0.717, 1.165) is 5.39 Å².